The van der Waals surface area contributed by atoms with Crippen LogP contribution in [-0.4, -0.2) is 44.8 Å². The van der Waals surface area contributed by atoms with Gasteiger partial charge in [-0.25, -0.2) is 8.42 Å². The van der Waals surface area contributed by atoms with Gasteiger partial charge in [0.25, 0.3) is 10.0 Å². The first-order valence-electron chi connectivity index (χ1n) is 13.6. The van der Waals surface area contributed by atoms with Gasteiger partial charge in [-0.15, -0.1) is 0 Å². The van der Waals surface area contributed by atoms with Crippen molar-refractivity contribution in [1.29, 1.82) is 0 Å². The second-order valence-corrected chi connectivity index (χ2v) is 12.9. The summed E-state index contributed by atoms with van der Waals surface area (Å²) in [4.78, 5) is 29.1. The van der Waals surface area contributed by atoms with E-state index in [2.05, 4.69) is 5.32 Å². The summed E-state index contributed by atoms with van der Waals surface area (Å²) in [5.41, 5.74) is 3.67. The smallest absolute Gasteiger partial charge is 0.264 e. The van der Waals surface area contributed by atoms with Crippen molar-refractivity contribution in [2.24, 2.45) is 0 Å². The van der Waals surface area contributed by atoms with Gasteiger partial charge in [0.15, 0.2) is 0 Å². The zero-order chi connectivity index (χ0) is 31.1. The summed E-state index contributed by atoms with van der Waals surface area (Å²) in [7, 11) is -2.66. The van der Waals surface area contributed by atoms with Gasteiger partial charge in [0.2, 0.25) is 11.8 Å². The highest BCUT2D eigenvalue weighted by Gasteiger charge is 2.34. The van der Waals surface area contributed by atoms with Gasteiger partial charge in [-0.1, -0.05) is 83.9 Å². The van der Waals surface area contributed by atoms with E-state index in [1.807, 2.05) is 50.2 Å². The summed E-state index contributed by atoms with van der Waals surface area (Å²) in [6, 6.07) is 26.6. The number of hydrogen-bond acceptors (Lipinski definition) is 4. The molecule has 4 aromatic carbocycles. The molecule has 10 heteroatoms. The number of likely N-dealkylation sites (N-methyl/N-ethyl adjacent to an activating group) is 1. The number of carbonyl (C=O) groups excluding carboxylic acids is 2. The predicted molar refractivity (Wildman–Crippen MR) is 172 cm³/mol. The molecule has 0 aliphatic heterocycles. The highest BCUT2D eigenvalue weighted by atomic mass is 35.5. The molecule has 0 heterocycles. The van der Waals surface area contributed by atoms with Crippen LogP contribution in [0.25, 0.3) is 0 Å². The van der Waals surface area contributed by atoms with E-state index in [4.69, 9.17) is 23.2 Å². The molecule has 0 aliphatic carbocycles. The van der Waals surface area contributed by atoms with Crippen LogP contribution in [0.3, 0.4) is 0 Å². The maximum atomic E-state index is 14.3. The van der Waals surface area contributed by atoms with Crippen molar-refractivity contribution in [3.8, 4) is 0 Å². The molecule has 1 N–H and O–H groups in total. The first-order chi connectivity index (χ1) is 20.5. The Hall–Kier alpha value is -3.85. The fourth-order valence-corrected chi connectivity index (χ4v) is 6.43. The third-order valence-electron chi connectivity index (χ3n) is 7.24. The zero-order valence-electron chi connectivity index (χ0n) is 24.1. The van der Waals surface area contributed by atoms with Gasteiger partial charge in [0.05, 0.1) is 20.6 Å². The topological polar surface area (TPSA) is 86.8 Å². The number of nitrogens with one attached hydrogen (secondary N) is 1. The van der Waals surface area contributed by atoms with Crippen molar-refractivity contribution in [3.05, 3.63) is 129 Å². The maximum absolute atomic E-state index is 14.3. The van der Waals surface area contributed by atoms with Crippen LogP contribution < -0.4 is 9.62 Å². The largest absolute Gasteiger partial charge is 0.357 e. The summed E-state index contributed by atoms with van der Waals surface area (Å²) in [6.07, 6.45) is 0.211. The standard InChI is InChI=1S/C33H33Cl2N3O4S/c1-23-14-16-27(18-24(23)2)38(43(41,42)28-12-8-5-9-13-28)22-32(39)37(21-26-15-17-29(34)30(35)19-26)31(33(40)36-3)20-25-10-6-4-7-11-25/h4-19,31H,20-22H2,1-3H3,(H,36,40). The molecule has 4 rings (SSSR count). The molecular weight excluding hydrogens is 605 g/mol. The van der Waals surface area contributed by atoms with Gasteiger partial charge >= 0.3 is 0 Å². The summed E-state index contributed by atoms with van der Waals surface area (Å²) in [6.45, 7) is 3.26. The lowest BCUT2D eigenvalue weighted by Crippen LogP contribution is -2.53. The van der Waals surface area contributed by atoms with Crippen LogP contribution in [0.2, 0.25) is 10.0 Å². The predicted octanol–water partition coefficient (Wildman–Crippen LogP) is 6.19. The van der Waals surface area contributed by atoms with E-state index < -0.39 is 28.5 Å². The molecule has 0 aliphatic rings. The van der Waals surface area contributed by atoms with Crippen LogP contribution in [0.1, 0.15) is 22.3 Å². The maximum Gasteiger partial charge on any atom is 0.264 e. The van der Waals surface area contributed by atoms with Crippen molar-refractivity contribution >= 4 is 50.7 Å². The number of anilines is 1. The minimum absolute atomic E-state index is 0.00715. The quantitative estimate of drug-likeness (QED) is 0.212. The number of nitrogens with zero attached hydrogens (tertiary/aromatic N) is 2. The molecule has 0 aromatic heterocycles. The number of rotatable bonds is 11. The number of benzene rings is 4. The molecule has 0 spiro atoms. The Balaban J connectivity index is 1.81. The number of amides is 2. The first-order valence-corrected chi connectivity index (χ1v) is 15.8. The minimum atomic E-state index is -4.16. The van der Waals surface area contributed by atoms with Crippen LogP contribution in [0, 0.1) is 13.8 Å². The fraction of sp³-hybridized carbons (Fsp3) is 0.212. The Labute approximate surface area is 263 Å². The Morgan fingerprint density at radius 1 is 0.791 bits per heavy atom. The molecule has 0 fully saturated rings. The molecule has 1 unspecified atom stereocenters. The summed E-state index contributed by atoms with van der Waals surface area (Å²) >= 11 is 12.4. The average molecular weight is 639 g/mol. The summed E-state index contributed by atoms with van der Waals surface area (Å²) < 4.78 is 29.1. The van der Waals surface area contributed by atoms with Crippen molar-refractivity contribution in [2.45, 2.75) is 37.8 Å². The van der Waals surface area contributed by atoms with Crippen molar-refractivity contribution in [2.75, 3.05) is 17.9 Å². The van der Waals surface area contributed by atoms with Crippen LogP contribution in [0.5, 0.6) is 0 Å². The monoisotopic (exact) mass is 637 g/mol. The molecule has 0 saturated heterocycles. The minimum Gasteiger partial charge on any atom is -0.357 e. The number of carbonyl (C=O) groups is 2. The summed E-state index contributed by atoms with van der Waals surface area (Å²) in [5, 5.41) is 3.32. The number of sulfonamides is 1. The van der Waals surface area contributed by atoms with Crippen LogP contribution in [0.15, 0.2) is 102 Å². The van der Waals surface area contributed by atoms with Gasteiger partial charge < -0.3 is 10.2 Å². The van der Waals surface area contributed by atoms with Crippen molar-refractivity contribution < 1.29 is 18.0 Å². The molecule has 0 bridgehead atoms. The third-order valence-corrected chi connectivity index (χ3v) is 9.77. The number of halogens is 2. The molecule has 43 heavy (non-hydrogen) atoms. The molecule has 4 aromatic rings. The average Bonchev–Trinajstić information content (AvgIpc) is 3.01. The lowest BCUT2D eigenvalue weighted by Gasteiger charge is -2.33. The molecular formula is C33H33Cl2N3O4S. The highest BCUT2D eigenvalue weighted by molar-refractivity contribution is 7.92. The Kier molecular flexibility index (Phi) is 10.5. The van der Waals surface area contributed by atoms with Gasteiger partial charge in [-0.2, -0.15) is 0 Å². The molecule has 0 saturated carbocycles. The molecule has 224 valence electrons. The van der Waals surface area contributed by atoms with Gasteiger partial charge in [0.1, 0.15) is 12.6 Å². The molecule has 2 amide bonds. The van der Waals surface area contributed by atoms with Gasteiger partial charge in [0, 0.05) is 20.0 Å². The lowest BCUT2D eigenvalue weighted by atomic mass is 10.0. The molecule has 1 atom stereocenters. The van der Waals surface area contributed by atoms with E-state index in [1.54, 1.807) is 48.5 Å². The van der Waals surface area contributed by atoms with E-state index >= 15 is 0 Å². The Morgan fingerprint density at radius 3 is 2.05 bits per heavy atom. The van der Waals surface area contributed by atoms with E-state index in [-0.39, 0.29) is 23.8 Å². The second kappa shape index (κ2) is 14.1. The van der Waals surface area contributed by atoms with E-state index in [0.717, 1.165) is 21.0 Å². The normalized spacial score (nSPS) is 11.9. The van der Waals surface area contributed by atoms with Crippen molar-refractivity contribution in [1.82, 2.24) is 10.2 Å². The Morgan fingerprint density at radius 2 is 1.44 bits per heavy atom. The van der Waals surface area contributed by atoms with Crippen LogP contribution >= 0.6 is 23.2 Å². The first kappa shape index (κ1) is 32.1. The fourth-order valence-electron chi connectivity index (χ4n) is 4.68. The van der Waals surface area contributed by atoms with E-state index in [9.17, 15) is 18.0 Å². The van der Waals surface area contributed by atoms with Crippen LogP contribution in [0.4, 0.5) is 5.69 Å². The highest BCUT2D eigenvalue weighted by Crippen LogP contribution is 2.28. The Bertz CT molecular complexity index is 1700. The van der Waals surface area contributed by atoms with Crippen molar-refractivity contribution in [3.63, 3.8) is 0 Å². The lowest BCUT2D eigenvalue weighted by molar-refractivity contribution is -0.139. The number of hydrogen-bond donors (Lipinski definition) is 1. The molecule has 0 radical (unpaired) electrons. The SMILES string of the molecule is CNC(=O)C(Cc1ccccc1)N(Cc1ccc(Cl)c(Cl)c1)C(=O)CN(c1ccc(C)c(C)c1)S(=O)(=O)c1ccccc1. The third kappa shape index (κ3) is 7.76. The zero-order valence-corrected chi connectivity index (χ0v) is 26.5. The van der Waals surface area contributed by atoms with Gasteiger partial charge in [-0.3, -0.25) is 13.9 Å². The second-order valence-electron chi connectivity index (χ2n) is 10.2. The molecule has 7 nitrogen and oxygen atoms in total. The van der Waals surface area contributed by atoms with Gasteiger partial charge in [-0.05, 0) is 72.5 Å². The summed E-state index contributed by atoms with van der Waals surface area (Å²) in [5.74, 6) is -0.950. The van der Waals surface area contributed by atoms with E-state index in [0.29, 0.717) is 21.3 Å². The number of aryl methyl sites for hydroxylation is 2. The van der Waals surface area contributed by atoms with E-state index in [1.165, 1.54) is 24.1 Å². The van der Waals surface area contributed by atoms with Crippen LogP contribution in [-0.2, 0) is 32.6 Å².